The van der Waals surface area contributed by atoms with Crippen molar-refractivity contribution in [2.24, 2.45) is 11.8 Å². The maximum absolute atomic E-state index is 11.7. The van der Waals surface area contributed by atoms with Crippen molar-refractivity contribution in [2.45, 2.75) is 88.0 Å². The van der Waals surface area contributed by atoms with Crippen molar-refractivity contribution in [1.82, 2.24) is 16.0 Å². The largest absolute Gasteiger partial charge is 0.376 e. The van der Waals surface area contributed by atoms with Gasteiger partial charge in [-0.25, -0.2) is 0 Å². The summed E-state index contributed by atoms with van der Waals surface area (Å²) in [5, 5.41) is 20.5. The van der Waals surface area contributed by atoms with Crippen LogP contribution in [0.1, 0.15) is 52.4 Å². The lowest BCUT2D eigenvalue weighted by atomic mass is 9.69. The smallest absolute Gasteiger partial charge is 0.217 e. The molecule has 7 heteroatoms. The number of rotatable bonds is 5. The van der Waals surface area contributed by atoms with Gasteiger partial charge in [-0.3, -0.25) is 4.79 Å². The lowest BCUT2D eigenvalue weighted by Gasteiger charge is -2.50. The van der Waals surface area contributed by atoms with Crippen LogP contribution in [-0.4, -0.2) is 54.7 Å². The Kier molecular flexibility index (Phi) is 7.38. The van der Waals surface area contributed by atoms with Crippen molar-refractivity contribution < 1.29 is 9.53 Å². The number of hydrogen-bond donors (Lipinski definition) is 3. The van der Waals surface area contributed by atoms with Gasteiger partial charge >= 0.3 is 0 Å². The molecule has 1 heterocycles. The van der Waals surface area contributed by atoms with Crippen LogP contribution in [0.5, 0.6) is 0 Å². The number of hydrogen-bond acceptors (Lipinski definition) is 5. The number of alkyl halides is 1. The zero-order valence-electron chi connectivity index (χ0n) is 16.4. The second kappa shape index (κ2) is 9.56. The van der Waals surface area contributed by atoms with Gasteiger partial charge in [0.05, 0.1) is 24.1 Å². The van der Waals surface area contributed by atoms with Crippen molar-refractivity contribution in [3.05, 3.63) is 0 Å². The van der Waals surface area contributed by atoms with Crippen LogP contribution in [0.4, 0.5) is 0 Å². The van der Waals surface area contributed by atoms with E-state index in [1.54, 1.807) is 6.92 Å². The number of piperidine rings is 1. The van der Waals surface area contributed by atoms with Gasteiger partial charge in [0.25, 0.3) is 0 Å². The zero-order chi connectivity index (χ0) is 19.4. The van der Waals surface area contributed by atoms with Gasteiger partial charge in [-0.1, -0.05) is 0 Å². The van der Waals surface area contributed by atoms with E-state index in [0.29, 0.717) is 36.5 Å². The Hall–Kier alpha value is -0.870. The quantitative estimate of drug-likeness (QED) is 0.618. The Bertz CT molecular complexity index is 547. The minimum absolute atomic E-state index is 0.00539. The molecule has 3 rings (SSSR count). The summed E-state index contributed by atoms with van der Waals surface area (Å²) in [6, 6.07) is 3.41. The van der Waals surface area contributed by atoms with Gasteiger partial charge in [-0.15, -0.1) is 11.6 Å². The number of carbonyl (C=O) groups is 1. The van der Waals surface area contributed by atoms with Crippen molar-refractivity contribution in [3.8, 4) is 6.07 Å². The molecule has 6 atom stereocenters. The van der Waals surface area contributed by atoms with Crippen molar-refractivity contribution in [3.63, 3.8) is 0 Å². The number of nitriles is 1. The minimum atomic E-state index is -0.0541. The summed E-state index contributed by atoms with van der Waals surface area (Å²) in [5.74, 6) is 0.237. The topological polar surface area (TPSA) is 86.2 Å². The van der Waals surface area contributed by atoms with Crippen molar-refractivity contribution in [1.29, 1.82) is 5.26 Å². The Labute approximate surface area is 167 Å². The maximum atomic E-state index is 11.7. The van der Waals surface area contributed by atoms with E-state index in [0.717, 1.165) is 38.5 Å². The average molecular weight is 397 g/mol. The fourth-order valence-electron chi connectivity index (χ4n) is 5.20. The van der Waals surface area contributed by atoms with E-state index in [1.165, 1.54) is 0 Å². The summed E-state index contributed by atoms with van der Waals surface area (Å²) in [6.07, 6.45) is 5.96. The number of amides is 1. The van der Waals surface area contributed by atoms with Crippen LogP contribution >= 0.6 is 11.6 Å². The molecule has 0 radical (unpaired) electrons. The van der Waals surface area contributed by atoms with Gasteiger partial charge in [0.15, 0.2) is 0 Å². The van der Waals surface area contributed by atoms with Crippen LogP contribution in [0.2, 0.25) is 0 Å². The maximum Gasteiger partial charge on any atom is 0.217 e. The number of nitrogens with one attached hydrogen (secondary N) is 3. The van der Waals surface area contributed by atoms with E-state index in [-0.39, 0.29) is 30.0 Å². The number of carbonyl (C=O) groups excluding carboxylic acids is 1. The molecule has 1 saturated heterocycles. The normalized spacial score (nSPS) is 42.0. The summed E-state index contributed by atoms with van der Waals surface area (Å²) in [5.41, 5.74) is 0. The van der Waals surface area contributed by atoms with Gasteiger partial charge in [0.1, 0.15) is 0 Å². The second-order valence-electron chi connectivity index (χ2n) is 8.33. The number of nitrogens with zero attached hydrogens (tertiary/aromatic N) is 1. The first kappa shape index (κ1) is 20.9. The minimum Gasteiger partial charge on any atom is -0.376 e. The van der Waals surface area contributed by atoms with Crippen LogP contribution in [0, 0.1) is 23.2 Å². The molecule has 1 amide bonds. The average Bonchev–Trinajstić information content (AvgIpc) is 2.64. The van der Waals surface area contributed by atoms with Crippen LogP contribution in [0.3, 0.4) is 0 Å². The van der Waals surface area contributed by atoms with Crippen LogP contribution in [0.25, 0.3) is 0 Å². The van der Waals surface area contributed by atoms with Gasteiger partial charge in [-0.2, -0.15) is 5.26 Å². The molecular formula is C20H33ClN4O2. The molecule has 0 aromatic heterocycles. The highest BCUT2D eigenvalue weighted by atomic mass is 35.5. The molecule has 152 valence electrons. The zero-order valence-corrected chi connectivity index (χ0v) is 17.2. The monoisotopic (exact) mass is 396 g/mol. The second-order valence-corrected chi connectivity index (χ2v) is 8.94. The molecule has 0 aromatic rings. The summed E-state index contributed by atoms with van der Waals surface area (Å²) in [6.45, 7) is 4.91. The Morgan fingerprint density at radius 3 is 2.67 bits per heavy atom. The molecule has 3 fully saturated rings. The first-order valence-corrected chi connectivity index (χ1v) is 10.9. The van der Waals surface area contributed by atoms with E-state index in [1.807, 2.05) is 6.92 Å². The molecule has 3 aliphatic rings. The Balaban J connectivity index is 1.73. The first-order valence-electron chi connectivity index (χ1n) is 10.4. The molecule has 0 bridgehead atoms. The SMILES string of the molecule is CCOC1CC2NCC(C#N)C(NC3CCC(Cl)CC3)C2CC1NC(C)=O. The van der Waals surface area contributed by atoms with Gasteiger partial charge in [0, 0.05) is 43.6 Å². The molecule has 6 nitrogen and oxygen atoms in total. The highest BCUT2D eigenvalue weighted by molar-refractivity contribution is 6.20. The lowest BCUT2D eigenvalue weighted by Crippen LogP contribution is -2.66. The highest BCUT2D eigenvalue weighted by Crippen LogP contribution is 2.36. The Morgan fingerprint density at radius 2 is 2.04 bits per heavy atom. The Morgan fingerprint density at radius 1 is 1.30 bits per heavy atom. The van der Waals surface area contributed by atoms with E-state index < -0.39 is 0 Å². The molecule has 6 unspecified atom stereocenters. The van der Waals surface area contributed by atoms with Crippen molar-refractivity contribution >= 4 is 17.5 Å². The fourth-order valence-corrected chi connectivity index (χ4v) is 5.45. The first-order chi connectivity index (χ1) is 13.0. The van der Waals surface area contributed by atoms with Gasteiger partial charge in [0.2, 0.25) is 5.91 Å². The number of halogens is 1. The molecule has 0 aromatic carbocycles. The molecule has 27 heavy (non-hydrogen) atoms. The van der Waals surface area contributed by atoms with Crippen LogP contribution < -0.4 is 16.0 Å². The van der Waals surface area contributed by atoms with E-state index in [9.17, 15) is 10.1 Å². The van der Waals surface area contributed by atoms with E-state index in [4.69, 9.17) is 16.3 Å². The number of fused-ring (bicyclic) bond motifs is 1. The summed E-state index contributed by atoms with van der Waals surface area (Å²) in [4.78, 5) is 11.7. The summed E-state index contributed by atoms with van der Waals surface area (Å²) in [7, 11) is 0. The predicted molar refractivity (Wildman–Crippen MR) is 105 cm³/mol. The van der Waals surface area contributed by atoms with Gasteiger partial charge in [-0.05, 0) is 51.4 Å². The summed E-state index contributed by atoms with van der Waals surface area (Å²) < 4.78 is 5.94. The molecule has 1 aliphatic heterocycles. The van der Waals surface area contributed by atoms with Crippen molar-refractivity contribution in [2.75, 3.05) is 13.2 Å². The molecule has 0 spiro atoms. The third-order valence-corrected chi connectivity index (χ3v) is 6.93. The molecule has 2 aliphatic carbocycles. The third-order valence-electron chi connectivity index (χ3n) is 6.49. The standard InChI is InChI=1S/C20H33ClN4O2/c1-3-27-19-9-17-16(8-18(19)24-12(2)26)20(13(10-22)11-23-17)25-15-6-4-14(21)5-7-15/h13-20,23,25H,3-9,11H2,1-2H3,(H,24,26). The molecule has 2 saturated carbocycles. The lowest BCUT2D eigenvalue weighted by molar-refractivity contribution is -0.122. The number of ether oxygens (including phenoxy) is 1. The fraction of sp³-hybridized carbons (Fsp3) is 0.900. The van der Waals surface area contributed by atoms with E-state index in [2.05, 4.69) is 22.0 Å². The van der Waals surface area contributed by atoms with Gasteiger partial charge < -0.3 is 20.7 Å². The van der Waals surface area contributed by atoms with E-state index >= 15 is 0 Å². The third kappa shape index (κ3) is 5.14. The summed E-state index contributed by atoms with van der Waals surface area (Å²) >= 11 is 6.26. The molecular weight excluding hydrogens is 364 g/mol. The predicted octanol–water partition coefficient (Wildman–Crippen LogP) is 1.93. The van der Waals surface area contributed by atoms with Crippen LogP contribution in [0.15, 0.2) is 0 Å². The van der Waals surface area contributed by atoms with Crippen LogP contribution in [-0.2, 0) is 9.53 Å². The molecule has 3 N–H and O–H groups in total. The highest BCUT2D eigenvalue weighted by Gasteiger charge is 2.47.